The number of fused-ring (bicyclic) bond motifs is 1. The lowest BCUT2D eigenvalue weighted by Gasteiger charge is -2.27. The van der Waals surface area contributed by atoms with Gasteiger partial charge in [-0.2, -0.15) is 5.10 Å². The number of imidazole rings is 1. The highest BCUT2D eigenvalue weighted by molar-refractivity contribution is 6.03. The maximum atomic E-state index is 12.8. The molecule has 0 spiro atoms. The van der Waals surface area contributed by atoms with E-state index in [0.29, 0.717) is 46.9 Å². The van der Waals surface area contributed by atoms with Crippen LogP contribution in [0.5, 0.6) is 0 Å². The quantitative estimate of drug-likeness (QED) is 0.347. The predicted octanol–water partition coefficient (Wildman–Crippen LogP) is 3.49. The van der Waals surface area contributed by atoms with Gasteiger partial charge in [0.1, 0.15) is 11.5 Å². The topological polar surface area (TPSA) is 105 Å². The molecular formula is C31H25N7O2. The number of hydrogen-bond acceptors (Lipinski definition) is 6. The lowest BCUT2D eigenvalue weighted by molar-refractivity contribution is 0.0735. The summed E-state index contributed by atoms with van der Waals surface area (Å²) in [5.41, 5.74) is 4.82. The lowest BCUT2D eigenvalue weighted by Crippen LogP contribution is -2.46. The van der Waals surface area contributed by atoms with Crippen LogP contribution in [0.15, 0.2) is 91.3 Å². The van der Waals surface area contributed by atoms with Crippen LogP contribution in [0.1, 0.15) is 32.0 Å². The fraction of sp³-hybridized carbons (Fsp3) is 0.129. The Morgan fingerprint density at radius 3 is 2.45 bits per heavy atom. The van der Waals surface area contributed by atoms with E-state index in [-0.39, 0.29) is 11.8 Å². The van der Waals surface area contributed by atoms with E-state index in [9.17, 15) is 9.59 Å². The fourth-order valence-electron chi connectivity index (χ4n) is 4.44. The van der Waals surface area contributed by atoms with Gasteiger partial charge in [-0.25, -0.2) is 14.5 Å². The van der Waals surface area contributed by atoms with Crippen LogP contribution in [0.3, 0.4) is 0 Å². The van der Waals surface area contributed by atoms with E-state index < -0.39 is 0 Å². The van der Waals surface area contributed by atoms with Crippen LogP contribution in [-0.2, 0) is 0 Å². The number of carbonyl (C=O) groups excluding carboxylic acids is 2. The van der Waals surface area contributed by atoms with Gasteiger partial charge in [-0.15, -0.1) is 0 Å². The highest BCUT2D eigenvalue weighted by Crippen LogP contribution is 2.20. The molecule has 0 aliphatic carbocycles. The number of benzene rings is 2. The van der Waals surface area contributed by atoms with E-state index in [2.05, 4.69) is 32.4 Å². The van der Waals surface area contributed by atoms with Crippen LogP contribution >= 0.6 is 0 Å². The van der Waals surface area contributed by atoms with Gasteiger partial charge in [0.2, 0.25) is 0 Å². The van der Waals surface area contributed by atoms with Crippen LogP contribution in [-0.4, -0.2) is 62.5 Å². The van der Waals surface area contributed by atoms with E-state index in [0.717, 1.165) is 24.3 Å². The van der Waals surface area contributed by atoms with Crippen molar-refractivity contribution in [1.82, 2.24) is 29.8 Å². The van der Waals surface area contributed by atoms with Gasteiger partial charge in [-0.05, 0) is 54.5 Å². The molecule has 0 radical (unpaired) electrons. The van der Waals surface area contributed by atoms with Crippen molar-refractivity contribution in [3.05, 3.63) is 114 Å². The molecule has 1 saturated heterocycles. The molecule has 4 heterocycles. The molecule has 196 valence electrons. The van der Waals surface area contributed by atoms with Crippen molar-refractivity contribution in [2.24, 2.45) is 0 Å². The number of piperazine rings is 1. The summed E-state index contributed by atoms with van der Waals surface area (Å²) in [5, 5.41) is 10.8. The maximum Gasteiger partial charge on any atom is 0.256 e. The molecule has 9 nitrogen and oxygen atoms in total. The first kappa shape index (κ1) is 25.0. The summed E-state index contributed by atoms with van der Waals surface area (Å²) in [5.74, 6) is 6.46. The summed E-state index contributed by atoms with van der Waals surface area (Å²) >= 11 is 0. The molecule has 1 aliphatic heterocycles. The molecule has 6 rings (SSSR count). The molecule has 0 bridgehead atoms. The van der Waals surface area contributed by atoms with Crippen LogP contribution < -0.4 is 10.6 Å². The van der Waals surface area contributed by atoms with E-state index in [1.807, 2.05) is 59.5 Å². The van der Waals surface area contributed by atoms with Crippen LogP contribution in [0, 0.1) is 11.8 Å². The second-order valence-corrected chi connectivity index (χ2v) is 9.25. The monoisotopic (exact) mass is 527 g/mol. The van der Waals surface area contributed by atoms with Crippen molar-refractivity contribution < 1.29 is 9.59 Å². The lowest BCUT2D eigenvalue weighted by atomic mass is 10.1. The number of rotatable bonds is 4. The number of carbonyl (C=O) groups is 2. The number of anilines is 1. The first-order valence-corrected chi connectivity index (χ1v) is 12.9. The van der Waals surface area contributed by atoms with Gasteiger partial charge in [0.05, 0.1) is 11.9 Å². The van der Waals surface area contributed by atoms with Gasteiger partial charge >= 0.3 is 0 Å². The predicted molar refractivity (Wildman–Crippen MR) is 152 cm³/mol. The first-order chi connectivity index (χ1) is 19.6. The van der Waals surface area contributed by atoms with Gasteiger partial charge < -0.3 is 15.5 Å². The Hall–Kier alpha value is -5.33. The Morgan fingerprint density at radius 2 is 1.65 bits per heavy atom. The Kier molecular flexibility index (Phi) is 6.99. The van der Waals surface area contributed by atoms with Crippen LogP contribution in [0.25, 0.3) is 16.9 Å². The highest BCUT2D eigenvalue weighted by atomic mass is 16.2. The third kappa shape index (κ3) is 5.43. The smallest absolute Gasteiger partial charge is 0.256 e. The molecule has 3 aromatic heterocycles. The fourth-order valence-corrected chi connectivity index (χ4v) is 4.44. The first-order valence-electron chi connectivity index (χ1n) is 12.9. The second kappa shape index (κ2) is 11.2. The largest absolute Gasteiger partial charge is 0.336 e. The molecule has 2 amide bonds. The zero-order valence-corrected chi connectivity index (χ0v) is 21.5. The summed E-state index contributed by atoms with van der Waals surface area (Å²) in [6.45, 7) is 3.06. The maximum absolute atomic E-state index is 12.8. The SMILES string of the molecule is O=C(Nc1cc(C#Cc2cnc3ccc(-c4ccc(C(=O)N5CCNCC5)cc4)nn23)ccn1)c1ccccc1. The van der Waals surface area contributed by atoms with Crippen LogP contribution in [0.4, 0.5) is 5.82 Å². The van der Waals surface area contributed by atoms with Crippen molar-refractivity contribution in [3.63, 3.8) is 0 Å². The molecular weight excluding hydrogens is 502 g/mol. The van der Waals surface area contributed by atoms with Crippen molar-refractivity contribution in [1.29, 1.82) is 0 Å². The van der Waals surface area contributed by atoms with Gasteiger partial charge in [-0.3, -0.25) is 9.59 Å². The highest BCUT2D eigenvalue weighted by Gasteiger charge is 2.18. The average molecular weight is 528 g/mol. The summed E-state index contributed by atoms with van der Waals surface area (Å²) in [6, 6.07) is 23.8. The van der Waals surface area contributed by atoms with Crippen LogP contribution in [0.2, 0.25) is 0 Å². The molecule has 0 unspecified atom stereocenters. The van der Waals surface area contributed by atoms with Crippen molar-refractivity contribution in [2.75, 3.05) is 31.5 Å². The normalized spacial score (nSPS) is 12.9. The molecule has 0 saturated carbocycles. The zero-order valence-electron chi connectivity index (χ0n) is 21.5. The summed E-state index contributed by atoms with van der Waals surface area (Å²) in [7, 11) is 0. The second-order valence-electron chi connectivity index (χ2n) is 9.25. The molecule has 5 aromatic rings. The number of hydrogen-bond donors (Lipinski definition) is 2. The summed E-state index contributed by atoms with van der Waals surface area (Å²) in [4.78, 5) is 35.8. The summed E-state index contributed by atoms with van der Waals surface area (Å²) in [6.07, 6.45) is 3.28. The Bertz CT molecular complexity index is 1750. The molecule has 1 aliphatic rings. The Labute approximate surface area is 230 Å². The molecule has 2 N–H and O–H groups in total. The van der Waals surface area contributed by atoms with E-state index in [1.54, 1.807) is 41.2 Å². The Balaban J connectivity index is 1.20. The Morgan fingerprint density at radius 1 is 0.850 bits per heavy atom. The van der Waals surface area contributed by atoms with Gasteiger partial charge in [0.15, 0.2) is 5.65 Å². The molecule has 40 heavy (non-hydrogen) atoms. The number of pyridine rings is 1. The van der Waals surface area contributed by atoms with Crippen molar-refractivity contribution in [3.8, 4) is 23.1 Å². The van der Waals surface area contributed by atoms with Crippen molar-refractivity contribution in [2.45, 2.75) is 0 Å². The number of aromatic nitrogens is 4. The van der Waals surface area contributed by atoms with Crippen molar-refractivity contribution >= 4 is 23.3 Å². The average Bonchev–Trinajstić information content (AvgIpc) is 3.43. The zero-order chi connectivity index (χ0) is 27.3. The molecule has 9 heteroatoms. The van der Waals surface area contributed by atoms with E-state index >= 15 is 0 Å². The van der Waals surface area contributed by atoms with E-state index in [1.165, 1.54) is 0 Å². The number of amides is 2. The molecule has 2 aromatic carbocycles. The third-order valence-corrected chi connectivity index (χ3v) is 6.57. The van der Waals surface area contributed by atoms with Gasteiger partial charge in [0.25, 0.3) is 11.8 Å². The number of nitrogens with zero attached hydrogens (tertiary/aromatic N) is 5. The van der Waals surface area contributed by atoms with Gasteiger partial charge in [-0.1, -0.05) is 36.3 Å². The molecule has 1 fully saturated rings. The third-order valence-electron chi connectivity index (χ3n) is 6.57. The van der Waals surface area contributed by atoms with Gasteiger partial charge in [0, 0.05) is 54.6 Å². The number of nitrogens with one attached hydrogen (secondary N) is 2. The minimum absolute atomic E-state index is 0.0440. The standard InChI is InChI=1S/C31H25N7O2/c39-30(24-4-2-1-3-5-24)35-28-20-22(14-15-33-28)6-11-26-21-34-29-13-12-27(36-38(26)29)23-7-9-25(10-8-23)31(40)37-18-16-32-17-19-37/h1-5,7-10,12-15,20-21,32H,16-19H2,(H,33,35,39). The summed E-state index contributed by atoms with van der Waals surface area (Å²) < 4.78 is 1.70. The van der Waals surface area contributed by atoms with E-state index in [4.69, 9.17) is 5.10 Å². The minimum Gasteiger partial charge on any atom is -0.336 e. The minimum atomic E-state index is -0.238. The molecule has 0 atom stereocenters.